The molecule has 1 atom stereocenters. The Morgan fingerprint density at radius 1 is 1.12 bits per heavy atom. The van der Waals surface area contributed by atoms with E-state index < -0.39 is 12.0 Å². The Morgan fingerprint density at radius 2 is 1.62 bits per heavy atom. The first-order valence-corrected chi connectivity index (χ1v) is 4.68. The van der Waals surface area contributed by atoms with Gasteiger partial charge < -0.3 is 19.9 Å². The van der Waals surface area contributed by atoms with E-state index in [1.165, 1.54) is 21.3 Å². The second-order valence-corrected chi connectivity index (χ2v) is 3.15. The Hall–Kier alpha value is -1.75. The van der Waals surface area contributed by atoms with Crippen LogP contribution in [-0.2, 0) is 9.53 Å². The van der Waals surface area contributed by atoms with Crippen molar-refractivity contribution >= 4 is 5.97 Å². The highest BCUT2D eigenvalue weighted by Gasteiger charge is 2.17. The summed E-state index contributed by atoms with van der Waals surface area (Å²) in [6, 6.07) is 4.20. The summed E-state index contributed by atoms with van der Waals surface area (Å²) >= 11 is 0. The van der Waals surface area contributed by atoms with Crippen LogP contribution < -0.4 is 15.2 Å². The predicted octanol–water partition coefficient (Wildman–Crippen LogP) is 0.877. The molecule has 0 bridgehead atoms. The SMILES string of the molecule is COC(=O)[C@@H](N)c1cc(OC)cc(OC)c1. The standard InChI is InChI=1S/C11H15NO4/c1-14-8-4-7(5-9(6-8)15-2)10(12)11(13)16-3/h4-6,10H,12H2,1-3H3/t10-/m0/s1. The molecule has 0 heterocycles. The van der Waals surface area contributed by atoms with Gasteiger partial charge in [-0.2, -0.15) is 0 Å². The van der Waals surface area contributed by atoms with E-state index in [0.717, 1.165) is 0 Å². The van der Waals surface area contributed by atoms with Crippen LogP contribution >= 0.6 is 0 Å². The molecule has 0 aliphatic heterocycles. The molecule has 0 aromatic heterocycles. The van der Waals surface area contributed by atoms with E-state index in [2.05, 4.69) is 4.74 Å². The van der Waals surface area contributed by atoms with Crippen molar-refractivity contribution in [2.24, 2.45) is 5.73 Å². The van der Waals surface area contributed by atoms with Crippen LogP contribution in [0.3, 0.4) is 0 Å². The molecular weight excluding hydrogens is 210 g/mol. The first kappa shape index (κ1) is 12.3. The normalized spacial score (nSPS) is 11.8. The third-order valence-electron chi connectivity index (χ3n) is 2.19. The van der Waals surface area contributed by atoms with Gasteiger partial charge >= 0.3 is 5.97 Å². The summed E-state index contributed by atoms with van der Waals surface area (Å²) in [5, 5.41) is 0. The zero-order valence-corrected chi connectivity index (χ0v) is 9.52. The lowest BCUT2D eigenvalue weighted by molar-refractivity contribution is -0.142. The number of nitrogens with two attached hydrogens (primary N) is 1. The first-order chi connectivity index (χ1) is 7.62. The molecule has 5 heteroatoms. The molecule has 88 valence electrons. The number of carbonyl (C=O) groups excluding carboxylic acids is 1. The second-order valence-electron chi connectivity index (χ2n) is 3.15. The van der Waals surface area contributed by atoms with Crippen LogP contribution in [0.4, 0.5) is 0 Å². The molecule has 0 aliphatic carbocycles. The topological polar surface area (TPSA) is 70.8 Å². The van der Waals surface area contributed by atoms with Crippen molar-refractivity contribution in [1.29, 1.82) is 0 Å². The minimum atomic E-state index is -0.839. The van der Waals surface area contributed by atoms with Crippen LogP contribution in [-0.4, -0.2) is 27.3 Å². The van der Waals surface area contributed by atoms with E-state index in [-0.39, 0.29) is 0 Å². The van der Waals surface area contributed by atoms with Gasteiger partial charge in [0.25, 0.3) is 0 Å². The van der Waals surface area contributed by atoms with Crippen LogP contribution in [0.25, 0.3) is 0 Å². The first-order valence-electron chi connectivity index (χ1n) is 4.68. The number of rotatable bonds is 4. The van der Waals surface area contributed by atoms with Crippen molar-refractivity contribution in [3.05, 3.63) is 23.8 Å². The third kappa shape index (κ3) is 2.64. The lowest BCUT2D eigenvalue weighted by atomic mass is 10.1. The summed E-state index contributed by atoms with van der Waals surface area (Å²) < 4.78 is 14.7. The van der Waals surface area contributed by atoms with Gasteiger partial charge in [-0.15, -0.1) is 0 Å². The highest BCUT2D eigenvalue weighted by molar-refractivity contribution is 5.77. The fourth-order valence-corrected chi connectivity index (χ4v) is 1.27. The molecule has 0 fully saturated rings. The minimum Gasteiger partial charge on any atom is -0.497 e. The summed E-state index contributed by atoms with van der Waals surface area (Å²) in [4.78, 5) is 11.3. The van der Waals surface area contributed by atoms with Gasteiger partial charge in [-0.3, -0.25) is 4.79 Å². The summed E-state index contributed by atoms with van der Waals surface area (Å²) in [6.07, 6.45) is 0. The average molecular weight is 225 g/mol. The van der Waals surface area contributed by atoms with Gasteiger partial charge in [0.2, 0.25) is 0 Å². The quantitative estimate of drug-likeness (QED) is 0.770. The Kier molecular flexibility index (Phi) is 4.13. The van der Waals surface area contributed by atoms with Crippen molar-refractivity contribution < 1.29 is 19.0 Å². The zero-order valence-electron chi connectivity index (χ0n) is 9.52. The largest absolute Gasteiger partial charge is 0.497 e. The molecule has 1 aromatic rings. The lowest BCUT2D eigenvalue weighted by Gasteiger charge is -2.12. The number of benzene rings is 1. The molecular formula is C11H15NO4. The van der Waals surface area contributed by atoms with Gasteiger partial charge in [0.1, 0.15) is 17.5 Å². The van der Waals surface area contributed by atoms with Gasteiger partial charge in [-0.05, 0) is 17.7 Å². The molecule has 0 saturated heterocycles. The van der Waals surface area contributed by atoms with Crippen LogP contribution in [0.5, 0.6) is 11.5 Å². The molecule has 16 heavy (non-hydrogen) atoms. The van der Waals surface area contributed by atoms with Crippen molar-refractivity contribution in [3.63, 3.8) is 0 Å². The molecule has 0 aliphatic rings. The molecule has 1 aromatic carbocycles. The van der Waals surface area contributed by atoms with Gasteiger partial charge in [-0.25, -0.2) is 0 Å². The van der Waals surface area contributed by atoms with Gasteiger partial charge in [0, 0.05) is 6.07 Å². The number of methoxy groups -OCH3 is 3. The van der Waals surface area contributed by atoms with Crippen molar-refractivity contribution in [2.45, 2.75) is 6.04 Å². The number of carbonyl (C=O) groups is 1. The summed E-state index contributed by atoms with van der Waals surface area (Å²) in [5.41, 5.74) is 6.30. The zero-order chi connectivity index (χ0) is 12.1. The van der Waals surface area contributed by atoms with E-state index in [0.29, 0.717) is 17.1 Å². The molecule has 0 spiro atoms. The van der Waals surface area contributed by atoms with Crippen LogP contribution in [0.15, 0.2) is 18.2 Å². The number of hydrogen-bond acceptors (Lipinski definition) is 5. The van der Waals surface area contributed by atoms with Gasteiger partial charge in [0.05, 0.1) is 21.3 Å². The summed E-state index contributed by atoms with van der Waals surface area (Å²) in [7, 11) is 4.35. The lowest BCUT2D eigenvalue weighted by Crippen LogP contribution is -2.22. The van der Waals surface area contributed by atoms with Gasteiger partial charge in [-0.1, -0.05) is 0 Å². The molecule has 0 saturated carbocycles. The highest BCUT2D eigenvalue weighted by atomic mass is 16.5. The van der Waals surface area contributed by atoms with E-state index in [4.69, 9.17) is 15.2 Å². The minimum absolute atomic E-state index is 0.504. The van der Waals surface area contributed by atoms with E-state index >= 15 is 0 Å². The maximum absolute atomic E-state index is 11.3. The van der Waals surface area contributed by atoms with Crippen molar-refractivity contribution in [3.8, 4) is 11.5 Å². The highest BCUT2D eigenvalue weighted by Crippen LogP contribution is 2.25. The Labute approximate surface area is 94.1 Å². The van der Waals surface area contributed by atoms with Crippen LogP contribution in [0, 0.1) is 0 Å². The van der Waals surface area contributed by atoms with Crippen molar-refractivity contribution in [1.82, 2.24) is 0 Å². The third-order valence-corrected chi connectivity index (χ3v) is 2.19. The fraction of sp³-hybridized carbons (Fsp3) is 0.364. The Morgan fingerprint density at radius 3 is 2.00 bits per heavy atom. The molecule has 0 radical (unpaired) electrons. The maximum atomic E-state index is 11.3. The van der Waals surface area contributed by atoms with E-state index in [9.17, 15) is 4.79 Å². The molecule has 5 nitrogen and oxygen atoms in total. The smallest absolute Gasteiger partial charge is 0.327 e. The maximum Gasteiger partial charge on any atom is 0.327 e. The summed E-state index contributed by atoms with van der Waals surface area (Å²) in [5.74, 6) is 0.651. The Balaban J connectivity index is 3.07. The van der Waals surface area contributed by atoms with Crippen molar-refractivity contribution in [2.75, 3.05) is 21.3 Å². The number of hydrogen-bond donors (Lipinski definition) is 1. The predicted molar refractivity (Wildman–Crippen MR) is 58.5 cm³/mol. The molecule has 0 amide bonds. The fourth-order valence-electron chi connectivity index (χ4n) is 1.27. The summed E-state index contributed by atoms with van der Waals surface area (Å²) in [6.45, 7) is 0. The number of esters is 1. The molecule has 1 rings (SSSR count). The second kappa shape index (κ2) is 5.37. The number of ether oxygens (including phenoxy) is 3. The van der Waals surface area contributed by atoms with Crippen LogP contribution in [0.2, 0.25) is 0 Å². The van der Waals surface area contributed by atoms with Gasteiger partial charge in [0.15, 0.2) is 0 Å². The molecule has 2 N–H and O–H groups in total. The van der Waals surface area contributed by atoms with Crippen LogP contribution in [0.1, 0.15) is 11.6 Å². The monoisotopic (exact) mass is 225 g/mol. The molecule has 0 unspecified atom stereocenters. The Bertz CT molecular complexity index is 356. The van der Waals surface area contributed by atoms with E-state index in [1.807, 2.05) is 0 Å². The van der Waals surface area contributed by atoms with E-state index in [1.54, 1.807) is 18.2 Å². The average Bonchev–Trinajstić information content (AvgIpc) is 2.35.